The molecule has 0 aromatic rings. The van der Waals surface area contributed by atoms with E-state index in [2.05, 4.69) is 0 Å². The molecule has 1 nitrogen and oxygen atoms in total. The molecule has 1 heteroatoms. The summed E-state index contributed by atoms with van der Waals surface area (Å²) >= 11 is 0. The molecule has 0 atom stereocenters. The standard InChI is InChI=1S/C18H34O/c1-2-6-10-14-17(13-9-5-1)19-18-15-11-7-3-4-8-12-16-18/h17-18H,1-16H2. The molecule has 0 amide bonds. The van der Waals surface area contributed by atoms with Gasteiger partial charge >= 0.3 is 0 Å². The lowest BCUT2D eigenvalue weighted by molar-refractivity contribution is -0.0309. The van der Waals surface area contributed by atoms with Crippen LogP contribution in [-0.4, -0.2) is 12.2 Å². The third-order valence-electron chi connectivity index (χ3n) is 4.99. The van der Waals surface area contributed by atoms with Gasteiger partial charge in [0.1, 0.15) is 0 Å². The molecule has 2 rings (SSSR count). The second-order valence-corrected chi connectivity index (χ2v) is 6.78. The van der Waals surface area contributed by atoms with Crippen molar-refractivity contribution in [1.29, 1.82) is 0 Å². The molecule has 0 N–H and O–H groups in total. The topological polar surface area (TPSA) is 9.23 Å². The molecule has 0 saturated heterocycles. The van der Waals surface area contributed by atoms with Gasteiger partial charge in [-0.05, 0) is 25.7 Å². The fraction of sp³-hybridized carbons (Fsp3) is 1.00. The van der Waals surface area contributed by atoms with E-state index in [0.717, 1.165) is 0 Å². The van der Waals surface area contributed by atoms with Crippen molar-refractivity contribution in [2.45, 2.75) is 115 Å². The van der Waals surface area contributed by atoms with Gasteiger partial charge in [-0.15, -0.1) is 0 Å². The Hall–Kier alpha value is -0.0400. The maximum atomic E-state index is 6.51. The van der Waals surface area contributed by atoms with Gasteiger partial charge < -0.3 is 4.74 Å². The summed E-state index contributed by atoms with van der Waals surface area (Å²) in [4.78, 5) is 0. The predicted molar refractivity (Wildman–Crippen MR) is 82.5 cm³/mol. The van der Waals surface area contributed by atoms with Crippen LogP contribution in [0.3, 0.4) is 0 Å². The zero-order valence-electron chi connectivity index (χ0n) is 12.9. The van der Waals surface area contributed by atoms with Crippen LogP contribution in [0.4, 0.5) is 0 Å². The van der Waals surface area contributed by atoms with E-state index in [1.54, 1.807) is 0 Å². The first kappa shape index (κ1) is 15.4. The van der Waals surface area contributed by atoms with E-state index in [1.165, 1.54) is 103 Å². The Bertz CT molecular complexity index is 172. The van der Waals surface area contributed by atoms with Crippen molar-refractivity contribution >= 4 is 0 Å². The molecule has 19 heavy (non-hydrogen) atoms. The van der Waals surface area contributed by atoms with Gasteiger partial charge in [-0.3, -0.25) is 0 Å². The van der Waals surface area contributed by atoms with E-state index < -0.39 is 0 Å². The molecular formula is C18H34O. The highest BCUT2D eigenvalue weighted by Crippen LogP contribution is 2.25. The van der Waals surface area contributed by atoms with Crippen molar-refractivity contribution < 1.29 is 4.74 Å². The second-order valence-electron chi connectivity index (χ2n) is 6.78. The fourth-order valence-corrected chi connectivity index (χ4v) is 3.74. The number of ether oxygens (including phenoxy) is 1. The largest absolute Gasteiger partial charge is 0.375 e. The molecule has 2 fully saturated rings. The maximum Gasteiger partial charge on any atom is 0.0578 e. The Morgan fingerprint density at radius 1 is 0.368 bits per heavy atom. The molecule has 2 saturated carbocycles. The van der Waals surface area contributed by atoms with Crippen LogP contribution >= 0.6 is 0 Å². The van der Waals surface area contributed by atoms with Crippen molar-refractivity contribution in [2.24, 2.45) is 0 Å². The molecule has 2 aliphatic carbocycles. The number of hydrogen-bond donors (Lipinski definition) is 0. The Morgan fingerprint density at radius 2 is 0.632 bits per heavy atom. The molecule has 0 aromatic heterocycles. The molecule has 112 valence electrons. The van der Waals surface area contributed by atoms with Crippen molar-refractivity contribution in [2.75, 3.05) is 0 Å². The Balaban J connectivity index is 1.74. The van der Waals surface area contributed by atoms with Crippen molar-refractivity contribution in [3.05, 3.63) is 0 Å². The molecule has 0 aliphatic heterocycles. The molecule has 0 spiro atoms. The van der Waals surface area contributed by atoms with Crippen LogP contribution in [0.1, 0.15) is 103 Å². The van der Waals surface area contributed by atoms with Gasteiger partial charge in [-0.1, -0.05) is 77.0 Å². The highest BCUT2D eigenvalue weighted by molar-refractivity contribution is 4.68. The highest BCUT2D eigenvalue weighted by Gasteiger charge is 2.17. The molecule has 0 radical (unpaired) electrons. The monoisotopic (exact) mass is 266 g/mol. The summed E-state index contributed by atoms with van der Waals surface area (Å²) in [6, 6.07) is 0. The molecule has 0 heterocycles. The predicted octanol–water partition coefficient (Wildman–Crippen LogP) is 6.01. The highest BCUT2D eigenvalue weighted by atomic mass is 16.5. The van der Waals surface area contributed by atoms with Crippen molar-refractivity contribution in [1.82, 2.24) is 0 Å². The van der Waals surface area contributed by atoms with Gasteiger partial charge in [-0.25, -0.2) is 0 Å². The third-order valence-corrected chi connectivity index (χ3v) is 4.99. The van der Waals surface area contributed by atoms with E-state index >= 15 is 0 Å². The first-order chi connectivity index (χ1) is 9.45. The van der Waals surface area contributed by atoms with Gasteiger partial charge in [-0.2, -0.15) is 0 Å². The molecule has 0 unspecified atom stereocenters. The molecular weight excluding hydrogens is 232 g/mol. The van der Waals surface area contributed by atoms with Gasteiger partial charge in [0.2, 0.25) is 0 Å². The van der Waals surface area contributed by atoms with E-state index in [-0.39, 0.29) is 0 Å². The van der Waals surface area contributed by atoms with E-state index in [9.17, 15) is 0 Å². The van der Waals surface area contributed by atoms with Crippen LogP contribution in [0.15, 0.2) is 0 Å². The van der Waals surface area contributed by atoms with Crippen LogP contribution in [-0.2, 0) is 4.74 Å². The molecule has 0 aromatic carbocycles. The summed E-state index contributed by atoms with van der Waals surface area (Å²) in [5.74, 6) is 0. The summed E-state index contributed by atoms with van der Waals surface area (Å²) in [6.45, 7) is 0. The number of hydrogen-bond acceptors (Lipinski definition) is 1. The second kappa shape index (κ2) is 9.80. The average Bonchev–Trinajstić information content (AvgIpc) is 2.62. The normalized spacial score (nSPS) is 26.5. The minimum Gasteiger partial charge on any atom is -0.375 e. The van der Waals surface area contributed by atoms with Crippen LogP contribution in [0, 0.1) is 0 Å². The summed E-state index contributed by atoms with van der Waals surface area (Å²) in [7, 11) is 0. The minimum atomic E-state index is 0.587. The van der Waals surface area contributed by atoms with E-state index in [4.69, 9.17) is 4.74 Å². The minimum absolute atomic E-state index is 0.587. The fourth-order valence-electron chi connectivity index (χ4n) is 3.74. The van der Waals surface area contributed by atoms with Crippen LogP contribution < -0.4 is 0 Å². The number of rotatable bonds is 2. The lowest BCUT2D eigenvalue weighted by Gasteiger charge is -2.25. The first-order valence-corrected chi connectivity index (χ1v) is 9.10. The molecule has 0 bridgehead atoms. The first-order valence-electron chi connectivity index (χ1n) is 9.10. The average molecular weight is 266 g/mol. The Labute approximate surface area is 120 Å². The van der Waals surface area contributed by atoms with Crippen molar-refractivity contribution in [3.63, 3.8) is 0 Å². The van der Waals surface area contributed by atoms with Gasteiger partial charge in [0, 0.05) is 0 Å². The lowest BCUT2D eigenvalue weighted by atomic mass is 10.0. The maximum absolute atomic E-state index is 6.51. The summed E-state index contributed by atoms with van der Waals surface area (Å²) < 4.78 is 6.51. The summed E-state index contributed by atoms with van der Waals surface area (Å²) in [5.41, 5.74) is 0. The zero-order chi connectivity index (χ0) is 13.2. The lowest BCUT2D eigenvalue weighted by Crippen LogP contribution is -2.22. The van der Waals surface area contributed by atoms with E-state index in [1.807, 2.05) is 0 Å². The smallest absolute Gasteiger partial charge is 0.0578 e. The molecule has 2 aliphatic rings. The van der Waals surface area contributed by atoms with Crippen LogP contribution in [0.5, 0.6) is 0 Å². The summed E-state index contributed by atoms with van der Waals surface area (Å²) in [5, 5.41) is 0. The Morgan fingerprint density at radius 3 is 0.947 bits per heavy atom. The van der Waals surface area contributed by atoms with E-state index in [0.29, 0.717) is 12.2 Å². The third kappa shape index (κ3) is 6.79. The SMILES string of the molecule is C1CCCCC(OC2CCCCCCCC2)CCC1. The van der Waals surface area contributed by atoms with Gasteiger partial charge in [0.25, 0.3) is 0 Å². The van der Waals surface area contributed by atoms with Gasteiger partial charge in [0.15, 0.2) is 0 Å². The zero-order valence-corrected chi connectivity index (χ0v) is 12.9. The van der Waals surface area contributed by atoms with Crippen LogP contribution in [0.2, 0.25) is 0 Å². The summed E-state index contributed by atoms with van der Waals surface area (Å²) in [6.07, 6.45) is 23.7. The quantitative estimate of drug-likeness (QED) is 0.595. The van der Waals surface area contributed by atoms with Crippen molar-refractivity contribution in [3.8, 4) is 0 Å². The van der Waals surface area contributed by atoms with Crippen LogP contribution in [0.25, 0.3) is 0 Å². The Kier molecular flexibility index (Phi) is 7.92. The van der Waals surface area contributed by atoms with Gasteiger partial charge in [0.05, 0.1) is 12.2 Å².